The first-order valence-electron chi connectivity index (χ1n) is 7.39. The Kier molecular flexibility index (Phi) is 5.52. The quantitative estimate of drug-likeness (QED) is 0.855. The molecule has 3 N–H and O–H groups in total. The van der Waals surface area contributed by atoms with E-state index in [9.17, 15) is 4.79 Å². The van der Waals surface area contributed by atoms with E-state index in [1.165, 1.54) is 5.56 Å². The predicted molar refractivity (Wildman–Crippen MR) is 87.2 cm³/mol. The van der Waals surface area contributed by atoms with Crippen LogP contribution < -0.4 is 11.1 Å². The highest BCUT2D eigenvalue weighted by atomic mass is 16.2. The van der Waals surface area contributed by atoms with Crippen molar-refractivity contribution in [2.75, 3.05) is 5.32 Å². The number of para-hydroxylation sites is 1. The third-order valence-electron chi connectivity index (χ3n) is 3.58. The van der Waals surface area contributed by atoms with E-state index >= 15 is 0 Å². The minimum atomic E-state index is -0.491. The Bertz CT molecular complexity index is 581. The number of carbonyl (C=O) groups is 1. The van der Waals surface area contributed by atoms with Gasteiger partial charge in [0.15, 0.2) is 0 Å². The summed E-state index contributed by atoms with van der Waals surface area (Å²) in [4.78, 5) is 12.2. The van der Waals surface area contributed by atoms with E-state index in [4.69, 9.17) is 5.73 Å². The fourth-order valence-electron chi connectivity index (χ4n) is 2.27. The van der Waals surface area contributed by atoms with Gasteiger partial charge in [-0.3, -0.25) is 4.79 Å². The van der Waals surface area contributed by atoms with Crippen LogP contribution in [0.25, 0.3) is 0 Å². The molecule has 3 heteroatoms. The second-order valence-electron chi connectivity index (χ2n) is 5.13. The van der Waals surface area contributed by atoms with Crippen molar-refractivity contribution in [1.82, 2.24) is 0 Å². The van der Waals surface area contributed by atoms with Crippen molar-refractivity contribution < 1.29 is 4.79 Å². The number of hydrogen-bond acceptors (Lipinski definition) is 2. The Morgan fingerprint density at radius 2 is 1.76 bits per heavy atom. The predicted octanol–water partition coefficient (Wildman–Crippen LogP) is 3.15. The number of hydrogen-bond donors (Lipinski definition) is 2. The lowest BCUT2D eigenvalue weighted by Crippen LogP contribution is -2.36. The van der Waals surface area contributed by atoms with Crippen LogP contribution in [0, 0.1) is 0 Å². The molecule has 1 unspecified atom stereocenters. The zero-order chi connectivity index (χ0) is 15.1. The van der Waals surface area contributed by atoms with Gasteiger partial charge in [0.2, 0.25) is 5.91 Å². The van der Waals surface area contributed by atoms with E-state index in [0.29, 0.717) is 6.42 Å². The SMILES string of the molecule is CCc1ccccc1NC(=O)C(N)CCc1ccccc1. The molecule has 0 aliphatic rings. The van der Waals surface area contributed by atoms with Crippen LogP contribution in [0.4, 0.5) is 5.69 Å². The molecular formula is C18H22N2O. The molecule has 0 spiro atoms. The minimum Gasteiger partial charge on any atom is -0.324 e. The van der Waals surface area contributed by atoms with Crippen LogP contribution in [0.3, 0.4) is 0 Å². The molecule has 0 fully saturated rings. The second kappa shape index (κ2) is 7.60. The molecule has 0 aliphatic heterocycles. The third kappa shape index (κ3) is 4.43. The van der Waals surface area contributed by atoms with Gasteiger partial charge in [-0.05, 0) is 36.5 Å². The van der Waals surface area contributed by atoms with Crippen LogP contribution in [0.2, 0.25) is 0 Å². The van der Waals surface area contributed by atoms with Crippen molar-refractivity contribution in [2.24, 2.45) is 5.73 Å². The average molecular weight is 282 g/mol. The number of benzene rings is 2. The van der Waals surface area contributed by atoms with Crippen LogP contribution in [0.15, 0.2) is 54.6 Å². The van der Waals surface area contributed by atoms with E-state index in [1.54, 1.807) is 0 Å². The number of rotatable bonds is 6. The fraction of sp³-hybridized carbons (Fsp3) is 0.278. The molecule has 21 heavy (non-hydrogen) atoms. The summed E-state index contributed by atoms with van der Waals surface area (Å²) in [5, 5.41) is 2.93. The Morgan fingerprint density at radius 1 is 1.10 bits per heavy atom. The van der Waals surface area contributed by atoms with Gasteiger partial charge in [0.05, 0.1) is 6.04 Å². The van der Waals surface area contributed by atoms with Crippen LogP contribution in [-0.2, 0) is 17.6 Å². The van der Waals surface area contributed by atoms with Gasteiger partial charge in [0.1, 0.15) is 0 Å². The van der Waals surface area contributed by atoms with Crippen LogP contribution >= 0.6 is 0 Å². The maximum absolute atomic E-state index is 12.2. The van der Waals surface area contributed by atoms with Crippen molar-refractivity contribution >= 4 is 11.6 Å². The molecule has 2 aromatic carbocycles. The maximum atomic E-state index is 12.2. The van der Waals surface area contributed by atoms with Crippen molar-refractivity contribution in [3.8, 4) is 0 Å². The molecule has 3 nitrogen and oxygen atoms in total. The first kappa shape index (κ1) is 15.3. The highest BCUT2D eigenvalue weighted by Gasteiger charge is 2.14. The lowest BCUT2D eigenvalue weighted by molar-refractivity contribution is -0.117. The summed E-state index contributed by atoms with van der Waals surface area (Å²) < 4.78 is 0. The lowest BCUT2D eigenvalue weighted by Gasteiger charge is -2.14. The zero-order valence-electron chi connectivity index (χ0n) is 12.4. The summed E-state index contributed by atoms with van der Waals surface area (Å²) in [5.74, 6) is -0.119. The Hall–Kier alpha value is -2.13. The van der Waals surface area contributed by atoms with Crippen molar-refractivity contribution in [2.45, 2.75) is 32.2 Å². The van der Waals surface area contributed by atoms with Crippen molar-refractivity contribution in [1.29, 1.82) is 0 Å². The number of anilines is 1. The summed E-state index contributed by atoms with van der Waals surface area (Å²) >= 11 is 0. The monoisotopic (exact) mass is 282 g/mol. The van der Waals surface area contributed by atoms with Gasteiger partial charge < -0.3 is 11.1 Å². The average Bonchev–Trinajstić information content (AvgIpc) is 2.54. The second-order valence-corrected chi connectivity index (χ2v) is 5.13. The number of amides is 1. The minimum absolute atomic E-state index is 0.119. The highest BCUT2D eigenvalue weighted by molar-refractivity contribution is 5.95. The third-order valence-corrected chi connectivity index (χ3v) is 3.58. The molecule has 110 valence electrons. The fourth-order valence-corrected chi connectivity index (χ4v) is 2.27. The molecule has 1 amide bonds. The molecule has 0 heterocycles. The van der Waals surface area contributed by atoms with Gasteiger partial charge in [-0.15, -0.1) is 0 Å². The topological polar surface area (TPSA) is 55.1 Å². The highest BCUT2D eigenvalue weighted by Crippen LogP contribution is 2.16. The van der Waals surface area contributed by atoms with Gasteiger partial charge in [-0.2, -0.15) is 0 Å². The number of carbonyl (C=O) groups excluding carboxylic acids is 1. The Balaban J connectivity index is 1.90. The molecule has 2 aromatic rings. The number of nitrogens with one attached hydrogen (secondary N) is 1. The van der Waals surface area contributed by atoms with E-state index < -0.39 is 6.04 Å². The van der Waals surface area contributed by atoms with Crippen LogP contribution in [0.5, 0.6) is 0 Å². The molecule has 0 saturated carbocycles. The smallest absolute Gasteiger partial charge is 0.241 e. The molecule has 0 saturated heterocycles. The summed E-state index contributed by atoms with van der Waals surface area (Å²) in [6.45, 7) is 2.07. The standard InChI is InChI=1S/C18H22N2O/c1-2-15-10-6-7-11-17(15)20-18(21)16(19)13-12-14-8-4-3-5-9-14/h3-11,16H,2,12-13,19H2,1H3,(H,20,21). The van der Waals surface area contributed by atoms with Crippen molar-refractivity contribution in [3.05, 3.63) is 65.7 Å². The maximum Gasteiger partial charge on any atom is 0.241 e. The van der Waals surface area contributed by atoms with E-state index in [0.717, 1.165) is 24.1 Å². The van der Waals surface area contributed by atoms with Crippen LogP contribution in [-0.4, -0.2) is 11.9 Å². The summed E-state index contributed by atoms with van der Waals surface area (Å²) in [5.41, 5.74) is 9.18. The van der Waals surface area contributed by atoms with Gasteiger partial charge in [0, 0.05) is 5.69 Å². The van der Waals surface area contributed by atoms with Gasteiger partial charge in [-0.1, -0.05) is 55.5 Å². The summed E-state index contributed by atoms with van der Waals surface area (Å²) in [6.07, 6.45) is 2.34. The molecule has 0 bridgehead atoms. The normalized spacial score (nSPS) is 11.9. The zero-order valence-corrected chi connectivity index (χ0v) is 12.4. The van der Waals surface area contributed by atoms with Crippen molar-refractivity contribution in [3.63, 3.8) is 0 Å². The van der Waals surface area contributed by atoms with Gasteiger partial charge >= 0.3 is 0 Å². The first-order chi connectivity index (χ1) is 10.2. The van der Waals surface area contributed by atoms with Gasteiger partial charge in [-0.25, -0.2) is 0 Å². The summed E-state index contributed by atoms with van der Waals surface area (Å²) in [6, 6.07) is 17.4. The van der Waals surface area contributed by atoms with Crippen LogP contribution in [0.1, 0.15) is 24.5 Å². The largest absolute Gasteiger partial charge is 0.324 e. The molecular weight excluding hydrogens is 260 g/mol. The van der Waals surface area contributed by atoms with E-state index in [2.05, 4.69) is 24.4 Å². The molecule has 0 radical (unpaired) electrons. The first-order valence-corrected chi connectivity index (χ1v) is 7.39. The Labute approximate surface area is 126 Å². The number of aryl methyl sites for hydroxylation is 2. The lowest BCUT2D eigenvalue weighted by atomic mass is 10.0. The molecule has 0 aliphatic carbocycles. The summed E-state index contributed by atoms with van der Waals surface area (Å²) in [7, 11) is 0. The number of nitrogens with two attached hydrogens (primary N) is 1. The van der Waals surface area contributed by atoms with E-state index in [-0.39, 0.29) is 5.91 Å². The van der Waals surface area contributed by atoms with E-state index in [1.807, 2.05) is 42.5 Å². The Morgan fingerprint density at radius 3 is 2.48 bits per heavy atom. The van der Waals surface area contributed by atoms with Gasteiger partial charge in [0.25, 0.3) is 0 Å². The molecule has 0 aromatic heterocycles. The molecule has 1 atom stereocenters. The molecule has 2 rings (SSSR count).